The Labute approximate surface area is 113 Å². The molecule has 1 amide bonds. The molecule has 1 atom stereocenters. The van der Waals surface area contributed by atoms with E-state index in [0.29, 0.717) is 6.61 Å². The lowest BCUT2D eigenvalue weighted by Crippen LogP contribution is -2.35. The van der Waals surface area contributed by atoms with E-state index in [4.69, 9.17) is 4.74 Å². The molecule has 0 saturated carbocycles. The molecule has 0 aliphatic rings. The van der Waals surface area contributed by atoms with Crippen molar-refractivity contribution >= 4 is 17.7 Å². The van der Waals surface area contributed by atoms with Gasteiger partial charge in [-0.15, -0.1) is 11.8 Å². The second-order valence-electron chi connectivity index (χ2n) is 4.33. The molecule has 0 saturated heterocycles. The van der Waals surface area contributed by atoms with Crippen LogP contribution in [0.2, 0.25) is 0 Å². The van der Waals surface area contributed by atoms with Crippen molar-refractivity contribution in [2.45, 2.75) is 43.9 Å². The Hall–Kier alpha value is -1.16. The SMILES string of the molecule is CCOc1ccc(SC(C)C(=O)NC(C)C)cc1. The molecule has 1 N–H and O–H groups in total. The number of ether oxygens (including phenoxy) is 1. The molecule has 1 unspecified atom stereocenters. The van der Waals surface area contributed by atoms with Crippen molar-refractivity contribution in [1.82, 2.24) is 5.32 Å². The van der Waals surface area contributed by atoms with E-state index in [-0.39, 0.29) is 17.2 Å². The number of hydrogen-bond donors (Lipinski definition) is 1. The van der Waals surface area contributed by atoms with Gasteiger partial charge in [-0.05, 0) is 52.0 Å². The van der Waals surface area contributed by atoms with Gasteiger partial charge >= 0.3 is 0 Å². The highest BCUT2D eigenvalue weighted by Crippen LogP contribution is 2.25. The zero-order valence-corrected chi connectivity index (χ0v) is 12.2. The molecule has 1 rings (SSSR count). The molecule has 4 heteroatoms. The second-order valence-corrected chi connectivity index (χ2v) is 5.74. The lowest BCUT2D eigenvalue weighted by atomic mass is 10.3. The molecule has 0 heterocycles. The largest absolute Gasteiger partial charge is 0.494 e. The van der Waals surface area contributed by atoms with Crippen LogP contribution in [0.25, 0.3) is 0 Å². The van der Waals surface area contributed by atoms with Gasteiger partial charge in [0, 0.05) is 10.9 Å². The third kappa shape index (κ3) is 5.00. The smallest absolute Gasteiger partial charge is 0.233 e. The van der Waals surface area contributed by atoms with E-state index in [1.165, 1.54) is 0 Å². The summed E-state index contributed by atoms with van der Waals surface area (Å²) in [5.74, 6) is 0.935. The van der Waals surface area contributed by atoms with Crippen LogP contribution in [0.3, 0.4) is 0 Å². The van der Waals surface area contributed by atoms with Gasteiger partial charge in [0.1, 0.15) is 5.75 Å². The van der Waals surface area contributed by atoms with Crippen molar-refractivity contribution in [2.24, 2.45) is 0 Å². The number of amides is 1. The summed E-state index contributed by atoms with van der Waals surface area (Å²) in [7, 11) is 0. The van der Waals surface area contributed by atoms with Crippen molar-refractivity contribution in [3.8, 4) is 5.75 Å². The quantitative estimate of drug-likeness (QED) is 0.805. The molecule has 1 aromatic carbocycles. The summed E-state index contributed by atoms with van der Waals surface area (Å²) in [6.45, 7) is 8.47. The van der Waals surface area contributed by atoms with Crippen LogP contribution in [-0.4, -0.2) is 23.8 Å². The van der Waals surface area contributed by atoms with E-state index in [2.05, 4.69) is 5.32 Å². The number of carbonyl (C=O) groups excluding carboxylic acids is 1. The van der Waals surface area contributed by atoms with Gasteiger partial charge in [0.15, 0.2) is 0 Å². The van der Waals surface area contributed by atoms with Crippen LogP contribution in [0.15, 0.2) is 29.2 Å². The van der Waals surface area contributed by atoms with E-state index < -0.39 is 0 Å². The molecule has 0 aromatic heterocycles. The topological polar surface area (TPSA) is 38.3 Å². The van der Waals surface area contributed by atoms with Crippen LogP contribution < -0.4 is 10.1 Å². The molecule has 1 aromatic rings. The van der Waals surface area contributed by atoms with Gasteiger partial charge in [-0.3, -0.25) is 4.79 Å². The van der Waals surface area contributed by atoms with Gasteiger partial charge in [0.25, 0.3) is 0 Å². The van der Waals surface area contributed by atoms with E-state index in [9.17, 15) is 4.79 Å². The fourth-order valence-corrected chi connectivity index (χ4v) is 2.32. The zero-order valence-electron chi connectivity index (χ0n) is 11.4. The van der Waals surface area contributed by atoms with Crippen molar-refractivity contribution in [2.75, 3.05) is 6.61 Å². The van der Waals surface area contributed by atoms with Crippen LogP contribution in [0, 0.1) is 0 Å². The first-order chi connectivity index (χ1) is 8.52. The Kier molecular flexibility index (Phi) is 6.05. The summed E-state index contributed by atoms with van der Waals surface area (Å²) in [6, 6.07) is 8.00. The maximum atomic E-state index is 11.8. The highest BCUT2D eigenvalue weighted by atomic mass is 32.2. The van der Waals surface area contributed by atoms with Crippen LogP contribution in [0.1, 0.15) is 27.7 Å². The maximum Gasteiger partial charge on any atom is 0.233 e. The second kappa shape index (κ2) is 7.31. The average Bonchev–Trinajstić information content (AvgIpc) is 2.31. The number of benzene rings is 1. The molecular formula is C14H21NO2S. The summed E-state index contributed by atoms with van der Waals surface area (Å²) >= 11 is 1.55. The highest BCUT2D eigenvalue weighted by Gasteiger charge is 2.14. The maximum absolute atomic E-state index is 11.8. The average molecular weight is 267 g/mol. The molecule has 0 fully saturated rings. The summed E-state index contributed by atoms with van der Waals surface area (Å²) < 4.78 is 5.38. The van der Waals surface area contributed by atoms with Crippen molar-refractivity contribution < 1.29 is 9.53 Å². The Bertz CT molecular complexity index is 376. The normalized spacial score (nSPS) is 12.3. The molecule has 18 heavy (non-hydrogen) atoms. The summed E-state index contributed by atoms with van der Waals surface area (Å²) in [5.41, 5.74) is 0. The predicted octanol–water partition coefficient (Wildman–Crippen LogP) is 3.09. The molecule has 0 radical (unpaired) electrons. The van der Waals surface area contributed by atoms with E-state index >= 15 is 0 Å². The fourth-order valence-electron chi connectivity index (χ4n) is 1.44. The van der Waals surface area contributed by atoms with Crippen molar-refractivity contribution in [1.29, 1.82) is 0 Å². The monoisotopic (exact) mass is 267 g/mol. The third-order valence-corrected chi connectivity index (χ3v) is 3.36. The number of rotatable bonds is 6. The first-order valence-electron chi connectivity index (χ1n) is 6.22. The first-order valence-corrected chi connectivity index (χ1v) is 7.10. The van der Waals surface area contributed by atoms with Crippen LogP contribution in [-0.2, 0) is 4.79 Å². The van der Waals surface area contributed by atoms with E-state index in [0.717, 1.165) is 10.6 Å². The fraction of sp³-hybridized carbons (Fsp3) is 0.500. The highest BCUT2D eigenvalue weighted by molar-refractivity contribution is 8.00. The Morgan fingerprint density at radius 3 is 2.39 bits per heavy atom. The Balaban J connectivity index is 2.53. The first kappa shape index (κ1) is 14.9. The molecule has 100 valence electrons. The number of nitrogens with one attached hydrogen (secondary N) is 1. The van der Waals surface area contributed by atoms with Gasteiger partial charge < -0.3 is 10.1 Å². The standard InChI is InChI=1S/C14H21NO2S/c1-5-17-12-6-8-13(9-7-12)18-11(4)14(16)15-10(2)3/h6-11H,5H2,1-4H3,(H,15,16). The van der Waals surface area contributed by atoms with Gasteiger partial charge in [-0.1, -0.05) is 0 Å². The number of carbonyl (C=O) groups is 1. The Morgan fingerprint density at radius 1 is 1.28 bits per heavy atom. The van der Waals surface area contributed by atoms with E-state index in [1.54, 1.807) is 11.8 Å². The molecule has 0 aliphatic carbocycles. The zero-order chi connectivity index (χ0) is 13.5. The summed E-state index contributed by atoms with van der Waals surface area (Å²) in [5, 5.41) is 2.82. The minimum Gasteiger partial charge on any atom is -0.494 e. The minimum atomic E-state index is -0.0923. The van der Waals surface area contributed by atoms with Gasteiger partial charge in [0.2, 0.25) is 5.91 Å². The van der Waals surface area contributed by atoms with Crippen LogP contribution >= 0.6 is 11.8 Å². The van der Waals surface area contributed by atoms with E-state index in [1.807, 2.05) is 52.0 Å². The van der Waals surface area contributed by atoms with Crippen LogP contribution in [0.5, 0.6) is 5.75 Å². The van der Waals surface area contributed by atoms with Crippen LogP contribution in [0.4, 0.5) is 0 Å². The number of hydrogen-bond acceptors (Lipinski definition) is 3. The lowest BCUT2D eigenvalue weighted by molar-refractivity contribution is -0.120. The van der Waals surface area contributed by atoms with Crippen molar-refractivity contribution in [3.05, 3.63) is 24.3 Å². The molecule has 0 spiro atoms. The lowest BCUT2D eigenvalue weighted by Gasteiger charge is -2.14. The third-order valence-electron chi connectivity index (χ3n) is 2.25. The Morgan fingerprint density at radius 2 is 1.89 bits per heavy atom. The summed E-state index contributed by atoms with van der Waals surface area (Å²) in [6.07, 6.45) is 0. The minimum absolute atomic E-state index is 0.0730. The predicted molar refractivity (Wildman–Crippen MR) is 76.2 cm³/mol. The number of thioether (sulfide) groups is 1. The van der Waals surface area contributed by atoms with Crippen molar-refractivity contribution in [3.63, 3.8) is 0 Å². The molecule has 3 nitrogen and oxygen atoms in total. The molecule has 0 aliphatic heterocycles. The summed E-state index contributed by atoms with van der Waals surface area (Å²) in [4.78, 5) is 12.8. The van der Waals surface area contributed by atoms with Gasteiger partial charge in [0.05, 0.1) is 11.9 Å². The molecule has 0 bridgehead atoms. The molecular weight excluding hydrogens is 246 g/mol. The van der Waals surface area contributed by atoms with Gasteiger partial charge in [-0.2, -0.15) is 0 Å². The van der Waals surface area contributed by atoms with Gasteiger partial charge in [-0.25, -0.2) is 0 Å².